The lowest BCUT2D eigenvalue weighted by Gasteiger charge is -2.12. The first-order valence-electron chi connectivity index (χ1n) is 9.57. The zero-order chi connectivity index (χ0) is 21.1. The minimum absolute atomic E-state index is 0.00667. The highest BCUT2D eigenvalue weighted by Crippen LogP contribution is 2.38. The second kappa shape index (κ2) is 8.66. The molecule has 0 radical (unpaired) electrons. The van der Waals surface area contributed by atoms with E-state index in [9.17, 15) is 14.4 Å². The third kappa shape index (κ3) is 5.35. The summed E-state index contributed by atoms with van der Waals surface area (Å²) in [6.07, 6.45) is 0.894. The molecule has 1 aliphatic carbocycles. The van der Waals surface area contributed by atoms with Gasteiger partial charge in [0, 0.05) is 28.8 Å². The third-order valence-electron chi connectivity index (χ3n) is 4.74. The summed E-state index contributed by atoms with van der Waals surface area (Å²) in [6, 6.07) is 11.4. The molecule has 3 N–H and O–H groups in total. The summed E-state index contributed by atoms with van der Waals surface area (Å²) in [5, 5.41) is 8.71. The molecule has 1 aliphatic rings. The monoisotopic (exact) mass is 413 g/mol. The van der Waals surface area contributed by atoms with Crippen LogP contribution in [0.15, 0.2) is 42.5 Å². The molecule has 1 saturated carbocycles. The number of rotatable bonds is 6. The fourth-order valence-corrected chi connectivity index (χ4v) is 3.13. The van der Waals surface area contributed by atoms with Crippen LogP contribution in [0.25, 0.3) is 0 Å². The average molecular weight is 414 g/mol. The molecular formula is C22H24ClN3O3. The molecule has 0 aliphatic heterocycles. The topological polar surface area (TPSA) is 87.3 Å². The number of halogens is 1. The van der Waals surface area contributed by atoms with E-state index in [2.05, 4.69) is 16.0 Å². The van der Waals surface area contributed by atoms with E-state index in [-0.39, 0.29) is 29.7 Å². The van der Waals surface area contributed by atoms with E-state index in [1.807, 2.05) is 20.8 Å². The van der Waals surface area contributed by atoms with E-state index >= 15 is 0 Å². The van der Waals surface area contributed by atoms with Crippen LogP contribution in [0.5, 0.6) is 0 Å². The predicted molar refractivity (Wildman–Crippen MR) is 114 cm³/mol. The Morgan fingerprint density at radius 2 is 1.69 bits per heavy atom. The molecule has 29 heavy (non-hydrogen) atoms. The zero-order valence-corrected chi connectivity index (χ0v) is 17.3. The molecule has 152 valence electrons. The van der Waals surface area contributed by atoms with E-state index < -0.39 is 0 Å². The molecule has 0 bridgehead atoms. The van der Waals surface area contributed by atoms with Gasteiger partial charge in [-0.05, 0) is 62.6 Å². The second-order valence-corrected chi connectivity index (χ2v) is 8.07. The number of nitrogens with one attached hydrogen (secondary N) is 3. The quantitative estimate of drug-likeness (QED) is 0.658. The van der Waals surface area contributed by atoms with Gasteiger partial charge in [0.25, 0.3) is 11.8 Å². The van der Waals surface area contributed by atoms with Crippen molar-refractivity contribution in [1.82, 2.24) is 5.32 Å². The molecule has 6 nitrogen and oxygen atoms in total. The van der Waals surface area contributed by atoms with Crippen LogP contribution in [0, 0.1) is 11.8 Å². The van der Waals surface area contributed by atoms with Crippen molar-refractivity contribution in [3.05, 3.63) is 58.6 Å². The van der Waals surface area contributed by atoms with Gasteiger partial charge in [-0.25, -0.2) is 0 Å². The van der Waals surface area contributed by atoms with Gasteiger partial charge in [-0.3, -0.25) is 14.4 Å². The van der Waals surface area contributed by atoms with Crippen LogP contribution >= 0.6 is 11.6 Å². The summed E-state index contributed by atoms with van der Waals surface area (Å²) in [7, 11) is 0. The van der Waals surface area contributed by atoms with Crippen LogP contribution in [0.1, 0.15) is 47.9 Å². The molecule has 2 atom stereocenters. The van der Waals surface area contributed by atoms with E-state index in [0.717, 1.165) is 6.42 Å². The minimum Gasteiger partial charge on any atom is -0.350 e. The van der Waals surface area contributed by atoms with Gasteiger partial charge in [-0.1, -0.05) is 24.6 Å². The van der Waals surface area contributed by atoms with Gasteiger partial charge >= 0.3 is 0 Å². The Hall–Kier alpha value is -2.86. The predicted octanol–water partition coefficient (Wildman–Crippen LogP) is 4.33. The van der Waals surface area contributed by atoms with Gasteiger partial charge in [-0.15, -0.1) is 0 Å². The Balaban J connectivity index is 1.72. The minimum atomic E-state index is -0.385. The second-order valence-electron chi connectivity index (χ2n) is 7.67. The molecular weight excluding hydrogens is 390 g/mol. The van der Waals surface area contributed by atoms with Gasteiger partial charge in [0.15, 0.2) is 0 Å². The molecule has 2 aromatic rings. The van der Waals surface area contributed by atoms with Crippen LogP contribution < -0.4 is 16.0 Å². The first-order valence-corrected chi connectivity index (χ1v) is 9.95. The third-order valence-corrected chi connectivity index (χ3v) is 5.06. The Labute approximate surface area is 175 Å². The summed E-state index contributed by atoms with van der Waals surface area (Å²) in [6.45, 7) is 5.77. The number of carbonyl (C=O) groups excluding carboxylic acids is 3. The summed E-state index contributed by atoms with van der Waals surface area (Å²) in [5.41, 5.74) is 1.69. The lowest BCUT2D eigenvalue weighted by molar-refractivity contribution is -0.117. The van der Waals surface area contributed by atoms with Crippen molar-refractivity contribution in [3.63, 3.8) is 0 Å². The van der Waals surface area contributed by atoms with E-state index in [1.54, 1.807) is 36.4 Å². The Kier molecular flexibility index (Phi) is 6.23. The number of amides is 3. The van der Waals surface area contributed by atoms with Crippen LogP contribution in [0.3, 0.4) is 0 Å². The molecule has 0 aromatic heterocycles. The fourth-order valence-electron chi connectivity index (χ4n) is 2.96. The summed E-state index contributed by atoms with van der Waals surface area (Å²) < 4.78 is 0. The maximum Gasteiger partial charge on any atom is 0.255 e. The molecule has 0 heterocycles. The Morgan fingerprint density at radius 1 is 1.00 bits per heavy atom. The van der Waals surface area contributed by atoms with Gasteiger partial charge < -0.3 is 16.0 Å². The standard InChI is InChI=1S/C22H24ClN3O3/c1-12(2)24-20(27)15-7-8-18(23)19(11-15)26-21(28)14-5-4-6-16(10-14)25-22(29)17-9-13(17)3/h4-8,10-13,17H,9H2,1-3H3,(H,24,27)(H,25,29)(H,26,28). The van der Waals surface area contributed by atoms with E-state index in [0.29, 0.717) is 33.4 Å². The smallest absolute Gasteiger partial charge is 0.255 e. The largest absolute Gasteiger partial charge is 0.350 e. The molecule has 2 unspecified atom stereocenters. The summed E-state index contributed by atoms with van der Waals surface area (Å²) in [4.78, 5) is 37.0. The van der Waals surface area contributed by atoms with Gasteiger partial charge in [0.2, 0.25) is 5.91 Å². The number of anilines is 2. The van der Waals surface area contributed by atoms with Crippen LogP contribution in [-0.4, -0.2) is 23.8 Å². The van der Waals surface area contributed by atoms with Crippen molar-refractivity contribution < 1.29 is 14.4 Å². The normalized spacial score (nSPS) is 17.6. The molecule has 2 aromatic carbocycles. The van der Waals surface area contributed by atoms with E-state index in [4.69, 9.17) is 11.6 Å². The Morgan fingerprint density at radius 3 is 2.34 bits per heavy atom. The Bertz CT molecular complexity index is 958. The fraction of sp³-hybridized carbons (Fsp3) is 0.318. The highest BCUT2D eigenvalue weighted by atomic mass is 35.5. The van der Waals surface area contributed by atoms with Crippen molar-refractivity contribution in [3.8, 4) is 0 Å². The number of carbonyl (C=O) groups is 3. The summed E-state index contributed by atoms with van der Waals surface area (Å²) in [5.74, 6) is -0.202. The molecule has 1 fully saturated rings. The lowest BCUT2D eigenvalue weighted by Crippen LogP contribution is -2.30. The van der Waals surface area contributed by atoms with Crippen molar-refractivity contribution in [2.45, 2.75) is 33.2 Å². The maximum absolute atomic E-state index is 12.7. The molecule has 3 rings (SSSR count). The first kappa shape index (κ1) is 20.9. The van der Waals surface area contributed by atoms with Crippen molar-refractivity contribution in [1.29, 1.82) is 0 Å². The molecule has 0 spiro atoms. The van der Waals surface area contributed by atoms with Gasteiger partial charge in [0.1, 0.15) is 0 Å². The van der Waals surface area contributed by atoms with E-state index in [1.165, 1.54) is 6.07 Å². The highest BCUT2D eigenvalue weighted by molar-refractivity contribution is 6.34. The zero-order valence-electron chi connectivity index (χ0n) is 16.6. The SMILES string of the molecule is CC(C)NC(=O)c1ccc(Cl)c(NC(=O)c2cccc(NC(=O)C3CC3C)c2)c1. The van der Waals surface area contributed by atoms with Crippen LogP contribution in [0.4, 0.5) is 11.4 Å². The first-order chi connectivity index (χ1) is 13.7. The average Bonchev–Trinajstić information content (AvgIpc) is 3.40. The lowest BCUT2D eigenvalue weighted by atomic mass is 10.1. The molecule has 3 amide bonds. The summed E-state index contributed by atoms with van der Waals surface area (Å²) >= 11 is 6.19. The molecule has 7 heteroatoms. The van der Waals surface area contributed by atoms with Crippen LogP contribution in [0.2, 0.25) is 5.02 Å². The van der Waals surface area contributed by atoms with Crippen LogP contribution in [-0.2, 0) is 4.79 Å². The maximum atomic E-state index is 12.7. The molecule has 0 saturated heterocycles. The number of benzene rings is 2. The van der Waals surface area contributed by atoms with Gasteiger partial charge in [-0.2, -0.15) is 0 Å². The number of hydrogen-bond donors (Lipinski definition) is 3. The van der Waals surface area contributed by atoms with Crippen molar-refractivity contribution in [2.24, 2.45) is 11.8 Å². The van der Waals surface area contributed by atoms with Gasteiger partial charge in [0.05, 0.1) is 10.7 Å². The number of hydrogen-bond acceptors (Lipinski definition) is 3. The van der Waals surface area contributed by atoms with Crippen molar-refractivity contribution in [2.75, 3.05) is 10.6 Å². The highest BCUT2D eigenvalue weighted by Gasteiger charge is 2.39. The van der Waals surface area contributed by atoms with Crippen molar-refractivity contribution >= 4 is 40.7 Å².